The summed E-state index contributed by atoms with van der Waals surface area (Å²) in [6.45, 7) is 4.64. The van der Waals surface area contributed by atoms with Crippen LogP contribution in [0.4, 0.5) is 0 Å². The third-order valence-corrected chi connectivity index (χ3v) is 5.11. The Bertz CT molecular complexity index is 1210. The van der Waals surface area contributed by atoms with Crippen LogP contribution in [0.25, 0.3) is 22.6 Å². The summed E-state index contributed by atoms with van der Waals surface area (Å²) in [5.74, 6) is 1.65. The van der Waals surface area contributed by atoms with E-state index in [2.05, 4.69) is 10.1 Å². The average Bonchev–Trinajstić information content (AvgIpc) is 3.46. The first kappa shape index (κ1) is 20.5. The van der Waals surface area contributed by atoms with E-state index in [1.807, 2.05) is 25.1 Å². The van der Waals surface area contributed by atoms with Crippen LogP contribution < -0.4 is 9.47 Å². The minimum atomic E-state index is -0.149. The predicted octanol–water partition coefficient (Wildman–Crippen LogP) is 4.47. The lowest BCUT2D eigenvalue weighted by Crippen LogP contribution is -2.30. The van der Waals surface area contributed by atoms with Crippen LogP contribution in [0.5, 0.6) is 11.5 Å². The number of aromatic nitrogens is 2. The van der Waals surface area contributed by atoms with Crippen LogP contribution in [-0.4, -0.2) is 41.7 Å². The monoisotopic (exact) mass is 421 g/mol. The second-order valence-electron chi connectivity index (χ2n) is 6.99. The fourth-order valence-electron chi connectivity index (χ4n) is 3.51. The summed E-state index contributed by atoms with van der Waals surface area (Å²) in [5, 5.41) is 4.61. The molecule has 0 N–H and O–H groups in total. The Morgan fingerprint density at radius 1 is 1.13 bits per heavy atom. The molecule has 0 saturated carbocycles. The van der Waals surface area contributed by atoms with E-state index in [9.17, 15) is 4.79 Å². The van der Waals surface area contributed by atoms with Crippen molar-refractivity contribution in [3.8, 4) is 23.0 Å². The smallest absolute Gasteiger partial charge is 0.259 e. The molecular weight excluding hydrogens is 398 g/mol. The minimum absolute atomic E-state index is 0.149. The molecule has 8 heteroatoms. The highest BCUT2D eigenvalue weighted by Crippen LogP contribution is 2.30. The van der Waals surface area contributed by atoms with Gasteiger partial charge in [0.1, 0.15) is 5.69 Å². The lowest BCUT2D eigenvalue weighted by atomic mass is 10.1. The number of fused-ring (bicyclic) bond motifs is 1. The van der Waals surface area contributed by atoms with E-state index in [0.29, 0.717) is 58.4 Å². The van der Waals surface area contributed by atoms with Gasteiger partial charge in [0, 0.05) is 13.1 Å². The summed E-state index contributed by atoms with van der Waals surface area (Å²) in [5.41, 5.74) is 2.82. The molecule has 0 saturated heterocycles. The molecule has 31 heavy (non-hydrogen) atoms. The average molecular weight is 421 g/mol. The zero-order valence-electron chi connectivity index (χ0n) is 17.8. The van der Waals surface area contributed by atoms with Crippen molar-refractivity contribution in [2.24, 2.45) is 0 Å². The topological polar surface area (TPSA) is 90.8 Å². The van der Waals surface area contributed by atoms with E-state index >= 15 is 0 Å². The molecule has 0 aliphatic heterocycles. The number of hydrogen-bond donors (Lipinski definition) is 0. The Morgan fingerprint density at radius 3 is 2.61 bits per heavy atom. The maximum Gasteiger partial charge on any atom is 0.259 e. The zero-order valence-corrected chi connectivity index (χ0v) is 17.8. The van der Waals surface area contributed by atoms with Gasteiger partial charge in [0.2, 0.25) is 0 Å². The highest BCUT2D eigenvalue weighted by molar-refractivity contribution is 6.06. The number of aryl methyl sites for hydroxylation is 1. The van der Waals surface area contributed by atoms with Gasteiger partial charge in [-0.2, -0.15) is 0 Å². The first-order valence-electron chi connectivity index (χ1n) is 9.86. The summed E-state index contributed by atoms with van der Waals surface area (Å²) in [6.07, 6.45) is 1.56. The summed E-state index contributed by atoms with van der Waals surface area (Å²) >= 11 is 0. The van der Waals surface area contributed by atoms with E-state index < -0.39 is 0 Å². The van der Waals surface area contributed by atoms with Gasteiger partial charge in [-0.25, -0.2) is 4.98 Å². The molecule has 0 fully saturated rings. The quantitative estimate of drug-likeness (QED) is 0.435. The number of amides is 1. The lowest BCUT2D eigenvalue weighted by Gasteiger charge is -2.22. The molecule has 160 valence electrons. The van der Waals surface area contributed by atoms with Gasteiger partial charge in [0.25, 0.3) is 11.6 Å². The van der Waals surface area contributed by atoms with E-state index in [-0.39, 0.29) is 5.91 Å². The molecule has 0 atom stereocenters. The maximum atomic E-state index is 13.6. The molecule has 4 rings (SSSR count). The number of benzene rings is 1. The van der Waals surface area contributed by atoms with Crippen LogP contribution in [-0.2, 0) is 6.54 Å². The number of ether oxygens (including phenoxy) is 2. The lowest BCUT2D eigenvalue weighted by molar-refractivity contribution is 0.0754. The zero-order chi connectivity index (χ0) is 22.0. The maximum absolute atomic E-state index is 13.6. The first-order valence-corrected chi connectivity index (χ1v) is 9.86. The number of methoxy groups -OCH3 is 2. The van der Waals surface area contributed by atoms with Gasteiger partial charge >= 0.3 is 0 Å². The number of carbonyl (C=O) groups is 1. The fraction of sp³-hybridized carbons (Fsp3) is 0.261. The van der Waals surface area contributed by atoms with Gasteiger partial charge in [0.05, 0.1) is 37.1 Å². The molecule has 0 radical (unpaired) electrons. The Hall–Kier alpha value is -3.81. The second kappa shape index (κ2) is 8.51. The number of rotatable bonds is 7. The van der Waals surface area contributed by atoms with Crippen molar-refractivity contribution in [1.29, 1.82) is 0 Å². The van der Waals surface area contributed by atoms with Gasteiger partial charge < -0.3 is 23.3 Å². The highest BCUT2D eigenvalue weighted by atomic mass is 16.5. The van der Waals surface area contributed by atoms with Gasteiger partial charge in [-0.05, 0) is 49.7 Å². The van der Waals surface area contributed by atoms with Crippen molar-refractivity contribution >= 4 is 17.0 Å². The molecule has 0 aliphatic rings. The van der Waals surface area contributed by atoms with Crippen molar-refractivity contribution in [1.82, 2.24) is 15.0 Å². The first-order chi connectivity index (χ1) is 15.0. The molecule has 1 amide bonds. The number of hydrogen-bond acceptors (Lipinski definition) is 7. The SMILES string of the molecule is CCN(Cc1ccc(OC)c(OC)c1)C(=O)c1cc(-c2ccco2)nc2onc(C)c12. The number of pyridine rings is 1. The summed E-state index contributed by atoms with van der Waals surface area (Å²) in [7, 11) is 3.18. The number of nitrogens with zero attached hydrogens (tertiary/aromatic N) is 3. The van der Waals surface area contributed by atoms with Crippen LogP contribution in [0.3, 0.4) is 0 Å². The Labute approximate surface area is 179 Å². The summed E-state index contributed by atoms with van der Waals surface area (Å²) in [4.78, 5) is 19.8. The van der Waals surface area contributed by atoms with Gasteiger partial charge in [-0.1, -0.05) is 11.2 Å². The number of carbonyl (C=O) groups excluding carboxylic acids is 1. The van der Waals surface area contributed by atoms with E-state index in [1.165, 1.54) is 0 Å². The van der Waals surface area contributed by atoms with Crippen LogP contribution in [0.15, 0.2) is 51.6 Å². The van der Waals surface area contributed by atoms with Crippen molar-refractivity contribution < 1.29 is 23.2 Å². The molecular formula is C23H23N3O5. The van der Waals surface area contributed by atoms with Crippen molar-refractivity contribution in [2.45, 2.75) is 20.4 Å². The highest BCUT2D eigenvalue weighted by Gasteiger charge is 2.24. The minimum Gasteiger partial charge on any atom is -0.493 e. The Kier molecular flexibility index (Phi) is 5.62. The normalized spacial score (nSPS) is 11.0. The summed E-state index contributed by atoms with van der Waals surface area (Å²) < 4.78 is 21.5. The molecule has 0 aliphatic carbocycles. The molecule has 0 unspecified atom stereocenters. The van der Waals surface area contributed by atoms with E-state index in [1.54, 1.807) is 50.5 Å². The second-order valence-corrected chi connectivity index (χ2v) is 6.99. The van der Waals surface area contributed by atoms with E-state index in [0.717, 1.165) is 5.56 Å². The Balaban J connectivity index is 1.73. The van der Waals surface area contributed by atoms with Crippen LogP contribution in [0.2, 0.25) is 0 Å². The van der Waals surface area contributed by atoms with Crippen molar-refractivity contribution in [3.63, 3.8) is 0 Å². The molecule has 3 heterocycles. The molecule has 1 aromatic carbocycles. The van der Waals surface area contributed by atoms with Crippen molar-refractivity contribution in [2.75, 3.05) is 20.8 Å². The standard InChI is InChI=1S/C23H23N3O5/c1-5-26(13-15-8-9-19(28-3)20(11-15)29-4)23(27)16-12-17(18-7-6-10-30-18)24-22-21(16)14(2)25-31-22/h6-12H,5,13H2,1-4H3. The van der Waals surface area contributed by atoms with Crippen molar-refractivity contribution in [3.05, 3.63) is 59.5 Å². The van der Waals surface area contributed by atoms with Gasteiger partial charge in [0.15, 0.2) is 17.3 Å². The molecule has 0 spiro atoms. The third-order valence-electron chi connectivity index (χ3n) is 5.11. The van der Waals surface area contributed by atoms with Crippen LogP contribution >= 0.6 is 0 Å². The van der Waals surface area contributed by atoms with Gasteiger partial charge in [-0.3, -0.25) is 4.79 Å². The largest absolute Gasteiger partial charge is 0.493 e. The number of furan rings is 1. The van der Waals surface area contributed by atoms with Crippen LogP contribution in [0.1, 0.15) is 28.5 Å². The molecule has 0 bridgehead atoms. The third kappa shape index (κ3) is 3.84. The van der Waals surface area contributed by atoms with Gasteiger partial charge in [-0.15, -0.1) is 0 Å². The molecule has 4 aromatic rings. The molecule has 8 nitrogen and oxygen atoms in total. The Morgan fingerprint density at radius 2 is 1.94 bits per heavy atom. The molecule has 3 aromatic heterocycles. The predicted molar refractivity (Wildman–Crippen MR) is 114 cm³/mol. The van der Waals surface area contributed by atoms with E-state index in [4.69, 9.17) is 18.4 Å². The van der Waals surface area contributed by atoms with Crippen LogP contribution in [0, 0.1) is 6.92 Å². The summed E-state index contributed by atoms with van der Waals surface area (Å²) in [6, 6.07) is 10.9. The fourth-order valence-corrected chi connectivity index (χ4v) is 3.51.